The van der Waals surface area contributed by atoms with E-state index in [0.717, 1.165) is 12.8 Å². The van der Waals surface area contributed by atoms with E-state index in [-0.39, 0.29) is 17.6 Å². The van der Waals surface area contributed by atoms with Crippen molar-refractivity contribution in [2.75, 3.05) is 27.2 Å². The highest BCUT2D eigenvalue weighted by Crippen LogP contribution is 2.22. The molecule has 0 spiro atoms. The summed E-state index contributed by atoms with van der Waals surface area (Å²) in [6.45, 7) is 1.23. The molecule has 2 heterocycles. The van der Waals surface area contributed by atoms with Gasteiger partial charge in [-0.05, 0) is 26.9 Å². The fourth-order valence-corrected chi connectivity index (χ4v) is 3.99. The number of likely N-dealkylation sites (N-methyl/N-ethyl adjacent to an activating group) is 1. The number of nitrogens with one attached hydrogen (secondary N) is 1. The number of nitrogens with two attached hydrogens (primary N) is 1. The molecule has 0 bridgehead atoms. The van der Waals surface area contributed by atoms with Gasteiger partial charge in [-0.25, -0.2) is 8.42 Å². The lowest BCUT2D eigenvalue weighted by Crippen LogP contribution is -2.47. The first-order chi connectivity index (χ1) is 8.96. The predicted octanol–water partition coefficient (Wildman–Crippen LogP) is -0.417. The number of hydrogen-bond acceptors (Lipinski definition) is 5. The quantitative estimate of drug-likeness (QED) is 0.784. The van der Waals surface area contributed by atoms with Gasteiger partial charge in [0.2, 0.25) is 0 Å². The second-order valence-electron chi connectivity index (χ2n) is 5.05. The van der Waals surface area contributed by atoms with Crippen LogP contribution in [0.3, 0.4) is 0 Å². The zero-order valence-electron chi connectivity index (χ0n) is 11.3. The molecule has 19 heavy (non-hydrogen) atoms. The highest BCUT2D eigenvalue weighted by Gasteiger charge is 2.33. The topological polar surface area (TPSA) is 95.3 Å². The van der Waals surface area contributed by atoms with Crippen LogP contribution >= 0.6 is 0 Å². The van der Waals surface area contributed by atoms with E-state index in [9.17, 15) is 8.42 Å². The minimum atomic E-state index is -3.52. The van der Waals surface area contributed by atoms with Crippen molar-refractivity contribution in [1.82, 2.24) is 19.4 Å². The molecule has 1 saturated heterocycles. The van der Waals surface area contributed by atoms with Crippen molar-refractivity contribution in [3.63, 3.8) is 0 Å². The number of hydrogen-bond donors (Lipinski definition) is 2. The summed E-state index contributed by atoms with van der Waals surface area (Å²) in [6, 6.07) is 0.257. The lowest BCUT2D eigenvalue weighted by molar-refractivity contribution is 0.190. The molecular formula is C11H21N5O2S. The first kappa shape index (κ1) is 14.4. The van der Waals surface area contributed by atoms with Gasteiger partial charge in [-0.15, -0.1) is 0 Å². The SMILES string of the molecule is CN(C)C1CCCN(S(=O)(=O)c2[nH]ncc2CN)C1. The van der Waals surface area contributed by atoms with Crippen molar-refractivity contribution in [3.05, 3.63) is 11.8 Å². The Hall–Kier alpha value is -0.960. The zero-order chi connectivity index (χ0) is 14.0. The number of H-pyrrole nitrogens is 1. The summed E-state index contributed by atoms with van der Waals surface area (Å²) in [5.74, 6) is 0. The standard InChI is InChI=1S/C11H21N5O2S/c1-15(2)10-4-3-5-16(8-10)19(17,18)11-9(6-12)7-13-14-11/h7,10H,3-6,8,12H2,1-2H3,(H,13,14). The molecule has 1 atom stereocenters. The molecule has 0 aromatic carbocycles. The molecule has 8 heteroatoms. The van der Waals surface area contributed by atoms with E-state index in [2.05, 4.69) is 15.1 Å². The van der Waals surface area contributed by atoms with Crippen LogP contribution in [0.5, 0.6) is 0 Å². The molecule has 1 aliphatic heterocycles. The van der Waals surface area contributed by atoms with Crippen molar-refractivity contribution in [2.24, 2.45) is 5.73 Å². The van der Waals surface area contributed by atoms with Crippen LogP contribution in [0.15, 0.2) is 11.2 Å². The van der Waals surface area contributed by atoms with Crippen molar-refractivity contribution in [2.45, 2.75) is 30.5 Å². The predicted molar refractivity (Wildman–Crippen MR) is 71.9 cm³/mol. The van der Waals surface area contributed by atoms with Gasteiger partial charge in [0, 0.05) is 31.2 Å². The molecule has 1 aliphatic rings. The van der Waals surface area contributed by atoms with Gasteiger partial charge < -0.3 is 10.6 Å². The summed E-state index contributed by atoms with van der Waals surface area (Å²) >= 11 is 0. The maximum atomic E-state index is 12.6. The molecule has 0 aliphatic carbocycles. The van der Waals surface area contributed by atoms with Gasteiger partial charge >= 0.3 is 0 Å². The lowest BCUT2D eigenvalue weighted by atomic mass is 10.1. The minimum absolute atomic E-state index is 0.134. The second-order valence-corrected chi connectivity index (χ2v) is 6.93. The van der Waals surface area contributed by atoms with Gasteiger partial charge in [-0.3, -0.25) is 5.10 Å². The summed E-state index contributed by atoms with van der Waals surface area (Å²) in [5, 5.41) is 6.49. The van der Waals surface area contributed by atoms with Gasteiger partial charge in [0.25, 0.3) is 10.0 Å². The molecule has 3 N–H and O–H groups in total. The van der Waals surface area contributed by atoms with E-state index in [1.807, 2.05) is 14.1 Å². The van der Waals surface area contributed by atoms with E-state index >= 15 is 0 Å². The Bertz CT molecular complexity index is 525. The Morgan fingerprint density at radius 1 is 1.58 bits per heavy atom. The molecule has 1 aromatic rings. The van der Waals surface area contributed by atoms with Crippen LogP contribution in [0.4, 0.5) is 0 Å². The first-order valence-corrected chi connectivity index (χ1v) is 7.79. The molecule has 0 saturated carbocycles. The average Bonchev–Trinajstić information content (AvgIpc) is 2.88. The van der Waals surface area contributed by atoms with Crippen LogP contribution in [0.25, 0.3) is 0 Å². The first-order valence-electron chi connectivity index (χ1n) is 6.35. The Morgan fingerprint density at radius 2 is 2.32 bits per heavy atom. The van der Waals surface area contributed by atoms with Crippen LogP contribution < -0.4 is 5.73 Å². The van der Waals surface area contributed by atoms with Gasteiger partial charge in [-0.1, -0.05) is 0 Å². The molecule has 108 valence electrons. The van der Waals surface area contributed by atoms with Crippen LogP contribution in [0, 0.1) is 0 Å². The smallest absolute Gasteiger partial charge is 0.260 e. The van der Waals surface area contributed by atoms with Crippen molar-refractivity contribution in [3.8, 4) is 0 Å². The normalized spacial score (nSPS) is 22.0. The van der Waals surface area contributed by atoms with Crippen molar-refractivity contribution < 1.29 is 8.42 Å². The molecular weight excluding hydrogens is 266 g/mol. The average molecular weight is 287 g/mol. The highest BCUT2D eigenvalue weighted by atomic mass is 32.2. The number of piperidine rings is 1. The molecule has 0 radical (unpaired) electrons. The number of aromatic nitrogens is 2. The number of sulfonamides is 1. The summed E-state index contributed by atoms with van der Waals surface area (Å²) in [7, 11) is 0.430. The third-order valence-electron chi connectivity index (χ3n) is 3.59. The second kappa shape index (κ2) is 5.58. The Balaban J connectivity index is 2.25. The van der Waals surface area contributed by atoms with Crippen molar-refractivity contribution >= 4 is 10.0 Å². The Labute approximate surface area is 113 Å². The van der Waals surface area contributed by atoms with Crippen LogP contribution in [-0.2, 0) is 16.6 Å². The molecule has 0 amide bonds. The third-order valence-corrected chi connectivity index (χ3v) is 5.47. The fourth-order valence-electron chi connectivity index (χ4n) is 2.36. The van der Waals surface area contributed by atoms with E-state index < -0.39 is 10.0 Å². The molecule has 1 fully saturated rings. The van der Waals surface area contributed by atoms with Gasteiger partial charge in [0.05, 0.1) is 6.20 Å². The van der Waals surface area contributed by atoms with Gasteiger partial charge in [0.1, 0.15) is 0 Å². The maximum absolute atomic E-state index is 12.6. The minimum Gasteiger partial charge on any atom is -0.326 e. The van der Waals surface area contributed by atoms with Gasteiger partial charge in [-0.2, -0.15) is 9.40 Å². The Morgan fingerprint density at radius 3 is 2.95 bits per heavy atom. The van der Waals surface area contributed by atoms with E-state index in [4.69, 9.17) is 5.73 Å². The lowest BCUT2D eigenvalue weighted by Gasteiger charge is -2.35. The van der Waals surface area contributed by atoms with Gasteiger partial charge in [0.15, 0.2) is 5.03 Å². The van der Waals surface area contributed by atoms with Crippen LogP contribution in [0.1, 0.15) is 18.4 Å². The number of rotatable bonds is 4. The fraction of sp³-hybridized carbons (Fsp3) is 0.727. The largest absolute Gasteiger partial charge is 0.326 e. The van der Waals surface area contributed by atoms with E-state index in [1.54, 1.807) is 0 Å². The van der Waals surface area contributed by atoms with E-state index in [1.165, 1.54) is 10.5 Å². The van der Waals surface area contributed by atoms with E-state index in [0.29, 0.717) is 18.7 Å². The van der Waals surface area contributed by atoms with Crippen LogP contribution in [-0.4, -0.2) is 61.0 Å². The summed E-state index contributed by atoms with van der Waals surface area (Å²) < 4.78 is 26.7. The molecule has 1 aromatic heterocycles. The molecule has 1 unspecified atom stereocenters. The summed E-state index contributed by atoms with van der Waals surface area (Å²) in [5.41, 5.74) is 6.08. The maximum Gasteiger partial charge on any atom is 0.260 e. The number of nitrogens with zero attached hydrogens (tertiary/aromatic N) is 3. The molecule has 7 nitrogen and oxygen atoms in total. The number of aromatic amines is 1. The van der Waals surface area contributed by atoms with Crippen molar-refractivity contribution in [1.29, 1.82) is 0 Å². The molecule has 2 rings (SSSR count). The monoisotopic (exact) mass is 287 g/mol. The zero-order valence-corrected chi connectivity index (χ0v) is 12.2. The summed E-state index contributed by atoms with van der Waals surface area (Å²) in [6.07, 6.45) is 3.36. The Kier molecular flexibility index (Phi) is 4.24. The summed E-state index contributed by atoms with van der Waals surface area (Å²) in [4.78, 5) is 2.07. The van der Waals surface area contributed by atoms with Crippen LogP contribution in [0.2, 0.25) is 0 Å². The third kappa shape index (κ3) is 2.81. The highest BCUT2D eigenvalue weighted by molar-refractivity contribution is 7.89.